The van der Waals surface area contributed by atoms with Crippen LogP contribution < -0.4 is 15.3 Å². The van der Waals surface area contributed by atoms with Gasteiger partial charge in [-0.2, -0.15) is 0 Å². The van der Waals surface area contributed by atoms with Gasteiger partial charge in [-0.1, -0.05) is 108 Å². The van der Waals surface area contributed by atoms with Crippen molar-refractivity contribution in [3.8, 4) is 17.2 Å². The molecule has 206 valence electrons. The molecule has 0 bridgehead atoms. The van der Waals surface area contributed by atoms with Gasteiger partial charge in [-0.15, -0.1) is 37.0 Å². The second-order valence-corrected chi connectivity index (χ2v) is 11.2. The monoisotopic (exact) mass is 700 g/mol. The van der Waals surface area contributed by atoms with Crippen LogP contribution in [0.5, 0.6) is 17.2 Å². The fourth-order valence-electron chi connectivity index (χ4n) is 3.64. The third-order valence-corrected chi connectivity index (χ3v) is 7.73. The quantitative estimate of drug-likeness (QED) is 0.173. The van der Waals surface area contributed by atoms with Crippen molar-refractivity contribution >= 4 is 0 Å². The standard InChI is InChI=1S/3C9H10O.C9H13.Hf/c3*1-2-5-8-6-3-4-7-9(8)10;1-2-3-6-9-7-4-5-8-9;/h3*2-4,6-7,10H,1,5H2;4,7H,2-3,5-6H2,1H3;/q;;;;+3/p-3. The molecule has 0 saturated carbocycles. The summed E-state index contributed by atoms with van der Waals surface area (Å²) in [6.45, 7) is 12.9. The Bertz CT molecular complexity index is 1120. The van der Waals surface area contributed by atoms with Crippen LogP contribution in [0.2, 0.25) is 0 Å². The molecule has 4 rings (SSSR count). The molecule has 1 aliphatic carbocycles. The number of benzene rings is 3. The van der Waals surface area contributed by atoms with Gasteiger partial charge in [0.25, 0.3) is 0 Å². The van der Waals surface area contributed by atoms with Gasteiger partial charge in [0.15, 0.2) is 0 Å². The number of rotatable bonds is 9. The molecular formula is C36H40HfO3. The van der Waals surface area contributed by atoms with Crippen molar-refractivity contribution in [1.29, 1.82) is 0 Å². The zero-order valence-electron chi connectivity index (χ0n) is 23.6. The number of hydrogen-bond donors (Lipinski definition) is 0. The van der Waals surface area contributed by atoms with E-state index in [-0.39, 0.29) is 17.2 Å². The molecule has 0 heterocycles. The third-order valence-electron chi connectivity index (χ3n) is 5.84. The van der Waals surface area contributed by atoms with Crippen LogP contribution in [0, 0.1) is 0 Å². The Labute approximate surface area is 256 Å². The Morgan fingerprint density at radius 1 is 0.675 bits per heavy atom. The fourth-order valence-corrected chi connectivity index (χ4v) is 4.81. The molecule has 0 unspecified atom stereocenters. The summed E-state index contributed by atoms with van der Waals surface area (Å²) in [5, 5.41) is 32.9. The molecule has 0 atom stereocenters. The van der Waals surface area contributed by atoms with Crippen molar-refractivity contribution in [2.75, 3.05) is 0 Å². The van der Waals surface area contributed by atoms with Crippen LogP contribution in [0.25, 0.3) is 0 Å². The van der Waals surface area contributed by atoms with Crippen LogP contribution in [-0.2, 0) is 43.6 Å². The Morgan fingerprint density at radius 2 is 1.05 bits per heavy atom. The van der Waals surface area contributed by atoms with Crippen molar-refractivity contribution in [2.24, 2.45) is 0 Å². The second kappa shape index (κ2) is 21.5. The predicted octanol–water partition coefficient (Wildman–Crippen LogP) is 7.40. The summed E-state index contributed by atoms with van der Waals surface area (Å²) < 4.78 is 1.72. The summed E-state index contributed by atoms with van der Waals surface area (Å²) in [6, 6.07) is 21.0. The first-order valence-corrected chi connectivity index (χ1v) is 15.3. The Morgan fingerprint density at radius 3 is 1.32 bits per heavy atom. The first kappa shape index (κ1) is 34.7. The summed E-state index contributed by atoms with van der Waals surface area (Å²) in [6.07, 6.45) is 17.1. The van der Waals surface area contributed by atoms with E-state index in [2.05, 4.69) is 38.8 Å². The molecule has 3 nitrogen and oxygen atoms in total. The molecule has 0 fully saturated rings. The van der Waals surface area contributed by atoms with Gasteiger partial charge in [0.05, 0.1) is 0 Å². The summed E-state index contributed by atoms with van der Waals surface area (Å²) >= 11 is 1.27. The van der Waals surface area contributed by atoms with Crippen molar-refractivity contribution in [2.45, 2.75) is 51.9 Å². The number of para-hydroxylation sites is 3. The van der Waals surface area contributed by atoms with E-state index in [0.29, 0.717) is 19.3 Å². The van der Waals surface area contributed by atoms with Crippen LogP contribution in [0.1, 0.15) is 49.3 Å². The zero-order valence-corrected chi connectivity index (χ0v) is 27.2. The molecule has 0 spiro atoms. The van der Waals surface area contributed by atoms with Gasteiger partial charge in [-0.3, -0.25) is 0 Å². The molecular weight excluding hydrogens is 659 g/mol. The minimum absolute atomic E-state index is 0.0994. The molecule has 0 radical (unpaired) electrons. The first-order chi connectivity index (χ1) is 19.4. The summed E-state index contributed by atoms with van der Waals surface area (Å²) in [5.41, 5.74) is 4.10. The van der Waals surface area contributed by atoms with Crippen molar-refractivity contribution in [3.05, 3.63) is 149 Å². The van der Waals surface area contributed by atoms with Crippen LogP contribution in [0.15, 0.2) is 132 Å². The van der Waals surface area contributed by atoms with E-state index in [0.717, 1.165) is 16.7 Å². The maximum absolute atomic E-state index is 11.0. The maximum atomic E-state index is 11.0. The minimum atomic E-state index is 0.0994. The number of allylic oxidation sites excluding steroid dienone is 7. The second-order valence-electron chi connectivity index (χ2n) is 9.02. The van der Waals surface area contributed by atoms with Crippen molar-refractivity contribution in [1.82, 2.24) is 0 Å². The number of hydrogen-bond acceptors (Lipinski definition) is 3. The topological polar surface area (TPSA) is 69.2 Å². The first-order valence-electron chi connectivity index (χ1n) is 13.5. The number of unbranched alkanes of at least 4 members (excludes halogenated alkanes) is 1. The van der Waals surface area contributed by atoms with Crippen LogP contribution in [0.4, 0.5) is 0 Å². The van der Waals surface area contributed by atoms with E-state index in [9.17, 15) is 15.3 Å². The Hall–Kier alpha value is -3.37. The van der Waals surface area contributed by atoms with Gasteiger partial charge in [0.1, 0.15) is 0 Å². The van der Waals surface area contributed by atoms with E-state index in [4.69, 9.17) is 0 Å². The molecule has 0 aromatic heterocycles. The summed E-state index contributed by atoms with van der Waals surface area (Å²) in [4.78, 5) is 0. The molecule has 3 aromatic rings. The van der Waals surface area contributed by atoms with Gasteiger partial charge in [-0.05, 0) is 19.3 Å². The average Bonchev–Trinajstić information content (AvgIpc) is 3.37. The van der Waals surface area contributed by atoms with Crippen LogP contribution >= 0.6 is 0 Å². The SMILES string of the molecule is C=CCc1ccccc1[O-].C=CCc1ccccc1[O-].C=CCc1ccccc1[O-].CCCCC1=[C]([Hf+3])CC=C1. The van der Waals surface area contributed by atoms with E-state index in [1.807, 2.05) is 36.4 Å². The average molecular weight is 699 g/mol. The molecule has 0 N–H and O–H groups in total. The van der Waals surface area contributed by atoms with E-state index < -0.39 is 0 Å². The molecule has 0 aliphatic heterocycles. The van der Waals surface area contributed by atoms with Crippen molar-refractivity contribution < 1.29 is 39.7 Å². The summed E-state index contributed by atoms with van der Waals surface area (Å²) in [5.74, 6) is 0.298. The van der Waals surface area contributed by atoms with Gasteiger partial charge in [-0.25, -0.2) is 0 Å². The van der Waals surface area contributed by atoms with Gasteiger partial charge >= 0.3 is 78.0 Å². The predicted molar refractivity (Wildman–Crippen MR) is 160 cm³/mol. The van der Waals surface area contributed by atoms with Gasteiger partial charge in [0, 0.05) is 0 Å². The van der Waals surface area contributed by atoms with Gasteiger partial charge in [0.2, 0.25) is 0 Å². The summed E-state index contributed by atoms with van der Waals surface area (Å²) in [7, 11) is 0. The van der Waals surface area contributed by atoms with E-state index in [1.54, 1.807) is 63.5 Å². The van der Waals surface area contributed by atoms with Crippen molar-refractivity contribution in [3.63, 3.8) is 0 Å². The fraction of sp³-hybridized carbons (Fsp3) is 0.222. The van der Waals surface area contributed by atoms with Gasteiger partial charge < -0.3 is 15.3 Å². The Kier molecular flexibility index (Phi) is 18.6. The molecule has 4 heteroatoms. The van der Waals surface area contributed by atoms with Crippen LogP contribution in [0.3, 0.4) is 0 Å². The Balaban J connectivity index is 0.000000267. The zero-order chi connectivity index (χ0) is 29.6. The third kappa shape index (κ3) is 14.1. The van der Waals surface area contributed by atoms with E-state index >= 15 is 0 Å². The molecule has 3 aromatic carbocycles. The molecule has 1 aliphatic rings. The molecule has 0 amide bonds. The molecule has 40 heavy (non-hydrogen) atoms. The normalized spacial score (nSPS) is 11.2. The van der Waals surface area contributed by atoms with Crippen LogP contribution in [-0.4, -0.2) is 0 Å². The van der Waals surface area contributed by atoms with E-state index in [1.165, 1.54) is 50.1 Å². The molecule has 0 saturated heterocycles.